The summed E-state index contributed by atoms with van der Waals surface area (Å²) in [6, 6.07) is 7.35. The average molecular weight is 405 g/mol. The second-order valence-corrected chi connectivity index (χ2v) is 5.44. The summed E-state index contributed by atoms with van der Waals surface area (Å²) in [6.07, 6.45) is 3.29. The highest BCUT2D eigenvalue weighted by Gasteiger charge is 2.40. The maximum Gasteiger partial charge on any atom is 0.193 e. The summed E-state index contributed by atoms with van der Waals surface area (Å²) in [5, 5.41) is 3.43. The van der Waals surface area contributed by atoms with Crippen molar-refractivity contribution in [3.05, 3.63) is 35.6 Å². The van der Waals surface area contributed by atoms with Gasteiger partial charge in [0, 0.05) is 32.6 Å². The van der Waals surface area contributed by atoms with Gasteiger partial charge in [-0.25, -0.2) is 4.39 Å². The van der Waals surface area contributed by atoms with Crippen molar-refractivity contribution in [3.8, 4) is 0 Å². The lowest BCUT2D eigenvalue weighted by Gasteiger charge is -2.22. The molecule has 1 fully saturated rings. The van der Waals surface area contributed by atoms with Crippen LogP contribution in [-0.2, 0) is 0 Å². The van der Waals surface area contributed by atoms with E-state index in [-0.39, 0.29) is 35.7 Å². The molecular weight excluding hydrogens is 380 g/mol. The summed E-state index contributed by atoms with van der Waals surface area (Å²) in [4.78, 5) is 6.45. The fourth-order valence-corrected chi connectivity index (χ4v) is 2.49. The Morgan fingerprint density at radius 3 is 2.76 bits per heavy atom. The van der Waals surface area contributed by atoms with E-state index in [1.807, 2.05) is 19.2 Å². The monoisotopic (exact) mass is 405 g/mol. The fraction of sp³-hybridized carbons (Fsp3) is 0.562. The van der Waals surface area contributed by atoms with Gasteiger partial charge in [0.15, 0.2) is 5.96 Å². The van der Waals surface area contributed by atoms with Crippen LogP contribution in [0.3, 0.4) is 0 Å². The van der Waals surface area contributed by atoms with Gasteiger partial charge in [-0.2, -0.15) is 0 Å². The standard InChI is InChI=1S/C16H24FN3.HI/c1-4-5-10-20(3)16(18-2)19-15-11-13(15)12-8-6-7-9-14(12)17;/h6-9,13,15H,4-5,10-11H2,1-3H3,(H,18,19);1H. The molecule has 0 saturated heterocycles. The fourth-order valence-electron chi connectivity index (χ4n) is 2.49. The van der Waals surface area contributed by atoms with E-state index < -0.39 is 0 Å². The first-order chi connectivity index (χ1) is 9.67. The molecule has 1 aliphatic carbocycles. The number of unbranched alkanes of at least 4 members (excludes halogenated alkanes) is 1. The zero-order chi connectivity index (χ0) is 14.5. The van der Waals surface area contributed by atoms with E-state index in [0.29, 0.717) is 6.04 Å². The Kier molecular flexibility index (Phi) is 7.42. The van der Waals surface area contributed by atoms with Crippen LogP contribution in [0.5, 0.6) is 0 Å². The Hall–Kier alpha value is -0.850. The zero-order valence-corrected chi connectivity index (χ0v) is 15.3. The second-order valence-electron chi connectivity index (χ2n) is 5.44. The molecule has 1 aromatic carbocycles. The van der Waals surface area contributed by atoms with Crippen molar-refractivity contribution in [2.75, 3.05) is 20.6 Å². The van der Waals surface area contributed by atoms with Crippen molar-refractivity contribution in [1.29, 1.82) is 0 Å². The van der Waals surface area contributed by atoms with Crippen LogP contribution in [0, 0.1) is 5.82 Å². The Labute approximate surface area is 144 Å². The zero-order valence-electron chi connectivity index (χ0n) is 13.0. The molecule has 21 heavy (non-hydrogen) atoms. The smallest absolute Gasteiger partial charge is 0.193 e. The number of rotatable bonds is 5. The third kappa shape index (κ3) is 4.83. The van der Waals surface area contributed by atoms with Crippen LogP contribution < -0.4 is 5.32 Å². The van der Waals surface area contributed by atoms with E-state index in [0.717, 1.165) is 30.9 Å². The molecule has 0 spiro atoms. The molecule has 0 aliphatic heterocycles. The van der Waals surface area contributed by atoms with Gasteiger partial charge in [0.05, 0.1) is 0 Å². The first-order valence-corrected chi connectivity index (χ1v) is 7.36. The average Bonchev–Trinajstić information content (AvgIpc) is 3.21. The first-order valence-electron chi connectivity index (χ1n) is 7.36. The van der Waals surface area contributed by atoms with Gasteiger partial charge in [-0.15, -0.1) is 24.0 Å². The molecule has 1 N–H and O–H groups in total. The van der Waals surface area contributed by atoms with Crippen LogP contribution >= 0.6 is 24.0 Å². The molecule has 0 aromatic heterocycles. The highest BCUT2D eigenvalue weighted by atomic mass is 127. The number of nitrogens with zero attached hydrogens (tertiary/aromatic N) is 2. The Morgan fingerprint density at radius 2 is 2.14 bits per heavy atom. The van der Waals surface area contributed by atoms with Crippen molar-refractivity contribution in [1.82, 2.24) is 10.2 Å². The van der Waals surface area contributed by atoms with Gasteiger partial charge in [-0.1, -0.05) is 31.5 Å². The molecule has 118 valence electrons. The predicted octanol–water partition coefficient (Wildman–Crippen LogP) is 3.61. The van der Waals surface area contributed by atoms with E-state index in [1.54, 1.807) is 13.1 Å². The van der Waals surface area contributed by atoms with Gasteiger partial charge in [0.1, 0.15) is 5.82 Å². The molecule has 1 aliphatic rings. The van der Waals surface area contributed by atoms with Crippen molar-refractivity contribution in [3.63, 3.8) is 0 Å². The van der Waals surface area contributed by atoms with Crippen LogP contribution in [0.25, 0.3) is 0 Å². The van der Waals surface area contributed by atoms with E-state index in [4.69, 9.17) is 0 Å². The van der Waals surface area contributed by atoms with E-state index in [2.05, 4.69) is 22.1 Å². The van der Waals surface area contributed by atoms with Crippen molar-refractivity contribution in [2.24, 2.45) is 4.99 Å². The molecule has 0 radical (unpaired) electrons. The van der Waals surface area contributed by atoms with Gasteiger partial charge < -0.3 is 10.2 Å². The highest BCUT2D eigenvalue weighted by Crippen LogP contribution is 2.41. The summed E-state index contributed by atoms with van der Waals surface area (Å²) >= 11 is 0. The third-order valence-electron chi connectivity index (χ3n) is 3.83. The largest absolute Gasteiger partial charge is 0.353 e. The Balaban J connectivity index is 0.00000220. The minimum absolute atomic E-state index is 0. The van der Waals surface area contributed by atoms with E-state index in [1.165, 1.54) is 12.5 Å². The lowest BCUT2D eigenvalue weighted by Crippen LogP contribution is -2.40. The number of hydrogen-bond acceptors (Lipinski definition) is 1. The molecule has 0 heterocycles. The van der Waals surface area contributed by atoms with Crippen molar-refractivity contribution in [2.45, 2.75) is 38.1 Å². The summed E-state index contributed by atoms with van der Waals surface area (Å²) < 4.78 is 13.7. The van der Waals surface area contributed by atoms with Crippen LogP contribution in [0.2, 0.25) is 0 Å². The molecule has 2 rings (SSSR count). The van der Waals surface area contributed by atoms with Gasteiger partial charge in [-0.3, -0.25) is 4.99 Å². The van der Waals surface area contributed by atoms with Gasteiger partial charge >= 0.3 is 0 Å². The van der Waals surface area contributed by atoms with E-state index >= 15 is 0 Å². The minimum Gasteiger partial charge on any atom is -0.353 e. The van der Waals surface area contributed by atoms with E-state index in [9.17, 15) is 4.39 Å². The molecule has 2 unspecified atom stereocenters. The van der Waals surface area contributed by atoms with Crippen LogP contribution in [0.4, 0.5) is 4.39 Å². The number of hydrogen-bond donors (Lipinski definition) is 1. The Morgan fingerprint density at radius 1 is 1.43 bits per heavy atom. The predicted molar refractivity (Wildman–Crippen MR) is 97.0 cm³/mol. The van der Waals surface area contributed by atoms with Gasteiger partial charge in [0.25, 0.3) is 0 Å². The Bertz CT molecular complexity index is 478. The number of guanidine groups is 1. The van der Waals surface area contributed by atoms with Crippen LogP contribution in [-0.4, -0.2) is 37.5 Å². The van der Waals surface area contributed by atoms with Crippen LogP contribution in [0.15, 0.2) is 29.3 Å². The summed E-state index contributed by atoms with van der Waals surface area (Å²) in [6.45, 7) is 3.17. The van der Waals surface area contributed by atoms with Crippen LogP contribution in [0.1, 0.15) is 37.7 Å². The number of benzene rings is 1. The maximum absolute atomic E-state index is 13.7. The SMILES string of the molecule is CCCCN(C)C(=NC)NC1CC1c1ccccc1F.I. The van der Waals surface area contributed by atoms with Gasteiger partial charge in [-0.05, 0) is 24.5 Å². The number of halogens is 2. The number of nitrogens with one attached hydrogen (secondary N) is 1. The third-order valence-corrected chi connectivity index (χ3v) is 3.83. The molecule has 3 nitrogen and oxygen atoms in total. The van der Waals surface area contributed by atoms with Crippen molar-refractivity contribution >= 4 is 29.9 Å². The lowest BCUT2D eigenvalue weighted by atomic mass is 10.1. The minimum atomic E-state index is -0.101. The maximum atomic E-state index is 13.7. The molecule has 1 saturated carbocycles. The van der Waals surface area contributed by atoms with Gasteiger partial charge in [0.2, 0.25) is 0 Å². The summed E-state index contributed by atoms with van der Waals surface area (Å²) in [5.41, 5.74) is 0.816. The normalized spacial score (nSPS) is 20.7. The molecule has 2 atom stereocenters. The molecule has 0 bridgehead atoms. The second kappa shape index (κ2) is 8.56. The highest BCUT2D eigenvalue weighted by molar-refractivity contribution is 14.0. The number of aliphatic imine (C=N–C) groups is 1. The molecular formula is C16H25FIN3. The summed E-state index contributed by atoms with van der Waals surface area (Å²) in [7, 11) is 3.84. The molecule has 1 aromatic rings. The quantitative estimate of drug-likeness (QED) is 0.461. The van der Waals surface area contributed by atoms with Crippen molar-refractivity contribution < 1.29 is 4.39 Å². The molecule has 5 heteroatoms. The summed E-state index contributed by atoms with van der Waals surface area (Å²) in [5.74, 6) is 1.07. The lowest BCUT2D eigenvalue weighted by molar-refractivity contribution is 0.463. The molecule has 0 amide bonds. The first kappa shape index (κ1) is 18.2. The topological polar surface area (TPSA) is 27.6 Å².